The number of aromatic hydroxyl groups is 2. The van der Waals surface area contributed by atoms with Gasteiger partial charge in [-0.3, -0.25) is 24.0 Å². The van der Waals surface area contributed by atoms with Gasteiger partial charge in [-0.05, 0) is 288 Å². The van der Waals surface area contributed by atoms with Crippen molar-refractivity contribution in [2.75, 3.05) is 13.2 Å². The van der Waals surface area contributed by atoms with E-state index >= 15 is 0 Å². The summed E-state index contributed by atoms with van der Waals surface area (Å²) in [6, 6.07) is 14.9. The Kier molecular flexibility index (Phi) is 34.6. The summed E-state index contributed by atoms with van der Waals surface area (Å²) >= 11 is 0. The third kappa shape index (κ3) is 26.0. The van der Waals surface area contributed by atoms with E-state index in [-0.39, 0.29) is 62.9 Å². The summed E-state index contributed by atoms with van der Waals surface area (Å²) in [4.78, 5) is 81.6. The minimum Gasteiger partial charge on any atom is -0.508 e. The van der Waals surface area contributed by atoms with Crippen LogP contribution in [0.25, 0.3) is 0 Å². The normalized spacial score (nSPS) is 23.7. The lowest BCUT2D eigenvalue weighted by Gasteiger charge is -2.59. The van der Waals surface area contributed by atoms with Gasteiger partial charge in [0.05, 0.1) is 40.3 Å². The lowest BCUT2D eigenvalue weighted by atomic mass is 9.50. The summed E-state index contributed by atoms with van der Waals surface area (Å²) in [5.41, 5.74) is 0.110. The van der Waals surface area contributed by atoms with Crippen molar-refractivity contribution in [2.45, 2.75) is 347 Å². The first-order chi connectivity index (χ1) is 46.2. The average molecular weight is 1390 g/mol. The monoisotopic (exact) mass is 1390 g/mol. The van der Waals surface area contributed by atoms with Crippen LogP contribution in [0.15, 0.2) is 48.5 Å². The number of benzene rings is 2. The zero-order valence-corrected chi connectivity index (χ0v) is 65.7. The van der Waals surface area contributed by atoms with Crippen molar-refractivity contribution in [3.8, 4) is 11.5 Å². The quantitative estimate of drug-likeness (QED) is 0.0875. The minimum atomic E-state index is -0.687. The van der Waals surface area contributed by atoms with Crippen LogP contribution in [0.4, 0.5) is 0 Å². The molecule has 4 bridgehead atoms. The van der Waals surface area contributed by atoms with Gasteiger partial charge in [-0.25, -0.2) is 9.59 Å². The van der Waals surface area contributed by atoms with Gasteiger partial charge in [-0.2, -0.15) is 0 Å². The largest absolute Gasteiger partial charge is 0.508 e. The van der Waals surface area contributed by atoms with Crippen molar-refractivity contribution >= 4 is 41.8 Å². The van der Waals surface area contributed by atoms with Crippen LogP contribution in [-0.4, -0.2) is 94.2 Å². The molecule has 99 heavy (non-hydrogen) atoms. The highest BCUT2D eigenvalue weighted by molar-refractivity contribution is 5.83. The number of phenols is 2. The standard InChI is InChI=1S/C17H28O2.2C13H24O2.2C10H16O4.2C10H14O/c1-5-16(2,3)15(18)19-17(4)13-7-11-6-12(9-13)10-14(17)8-11;2*1-5-12(3,4)11(14)15-13(6-2)9-7-8-10-13;2*1-4-10(2,3)9(12)14-7-5-6-13-8(7)11;2*1-3-8(2)9-4-6-10(11)7-5-9/h11-14H,5-10H2,1-4H3;2*5-10H2,1-4H3;2*7H,4-6H2,1-3H3;2*4-8,11H,3H2,1-2H3. The molecule has 8 aliphatic rings. The molecule has 564 valence electrons. The molecule has 4 unspecified atom stereocenters. The Bertz CT molecular complexity index is 2630. The van der Waals surface area contributed by atoms with Gasteiger partial charge in [0.25, 0.3) is 0 Å². The maximum Gasteiger partial charge on any atom is 0.347 e. The molecular formula is C83H136O16. The van der Waals surface area contributed by atoms with Crippen LogP contribution < -0.4 is 0 Å². The zero-order valence-electron chi connectivity index (χ0n) is 65.7. The van der Waals surface area contributed by atoms with Gasteiger partial charge in [0.15, 0.2) is 0 Å². The number of cyclic esters (lactones) is 2. The second-order valence-electron chi connectivity index (χ2n) is 32.8. The Labute approximate surface area is 598 Å². The van der Waals surface area contributed by atoms with E-state index < -0.39 is 35.0 Å². The molecule has 2 aliphatic heterocycles. The molecule has 6 aliphatic carbocycles. The first-order valence-electron chi connectivity index (χ1n) is 38.2. The number of carbonyl (C=O) groups is 7. The predicted octanol–water partition coefficient (Wildman–Crippen LogP) is 19.9. The third-order valence-electron chi connectivity index (χ3n) is 23.6. The van der Waals surface area contributed by atoms with Gasteiger partial charge < -0.3 is 43.4 Å². The summed E-state index contributed by atoms with van der Waals surface area (Å²) in [6.45, 7) is 44.9. The third-order valence-corrected chi connectivity index (χ3v) is 23.6. The van der Waals surface area contributed by atoms with Crippen molar-refractivity contribution in [1.82, 2.24) is 0 Å². The Morgan fingerprint density at radius 2 is 0.717 bits per heavy atom. The molecule has 0 radical (unpaired) electrons. The second kappa shape index (κ2) is 39.1. The van der Waals surface area contributed by atoms with E-state index in [1.54, 1.807) is 52.0 Å². The van der Waals surface area contributed by atoms with Crippen LogP contribution in [0.2, 0.25) is 0 Å². The van der Waals surface area contributed by atoms with Crippen LogP contribution in [-0.2, 0) is 66.7 Å². The van der Waals surface area contributed by atoms with E-state index in [1.807, 2.05) is 93.5 Å². The van der Waals surface area contributed by atoms with Gasteiger partial charge in [0.1, 0.15) is 28.3 Å². The predicted molar refractivity (Wildman–Crippen MR) is 392 cm³/mol. The fourth-order valence-electron chi connectivity index (χ4n) is 12.9. The first-order valence-corrected chi connectivity index (χ1v) is 38.2. The van der Waals surface area contributed by atoms with Gasteiger partial charge in [-0.1, -0.05) is 100 Å². The molecule has 2 aromatic rings. The van der Waals surface area contributed by atoms with Crippen LogP contribution in [0.5, 0.6) is 11.5 Å². The number of phenolic OH excluding ortho intramolecular Hbond substituents is 2. The van der Waals surface area contributed by atoms with E-state index in [0.29, 0.717) is 74.1 Å². The van der Waals surface area contributed by atoms with Crippen LogP contribution in [0, 0.1) is 50.7 Å². The molecule has 8 fully saturated rings. The molecule has 0 aromatic heterocycles. The van der Waals surface area contributed by atoms with Gasteiger partial charge in [-0.15, -0.1) is 0 Å². The van der Waals surface area contributed by atoms with Crippen LogP contribution >= 0.6 is 0 Å². The lowest BCUT2D eigenvalue weighted by Crippen LogP contribution is -2.58. The molecule has 6 saturated carbocycles. The highest BCUT2D eigenvalue weighted by atomic mass is 16.6. The number of hydrogen-bond acceptors (Lipinski definition) is 16. The van der Waals surface area contributed by atoms with Gasteiger partial charge >= 0.3 is 41.8 Å². The van der Waals surface area contributed by atoms with Crippen molar-refractivity contribution < 1.29 is 76.9 Å². The van der Waals surface area contributed by atoms with E-state index in [4.69, 9.17) is 43.4 Å². The summed E-state index contributed by atoms with van der Waals surface area (Å²) in [6.07, 6.45) is 23.3. The highest BCUT2D eigenvalue weighted by Crippen LogP contribution is 2.60. The Morgan fingerprint density at radius 3 is 0.960 bits per heavy atom. The molecule has 2 aromatic carbocycles. The van der Waals surface area contributed by atoms with E-state index in [9.17, 15) is 33.6 Å². The Balaban J connectivity index is 0.000000303. The van der Waals surface area contributed by atoms with Crippen molar-refractivity contribution in [2.24, 2.45) is 50.7 Å². The molecule has 16 heteroatoms. The van der Waals surface area contributed by atoms with Crippen LogP contribution in [0.3, 0.4) is 0 Å². The number of esters is 7. The molecule has 0 spiro atoms. The minimum absolute atomic E-state index is 0.0185. The van der Waals surface area contributed by atoms with Crippen molar-refractivity contribution in [3.63, 3.8) is 0 Å². The Morgan fingerprint density at radius 1 is 0.444 bits per heavy atom. The van der Waals surface area contributed by atoms with Gasteiger partial charge in [0, 0.05) is 12.8 Å². The van der Waals surface area contributed by atoms with Gasteiger partial charge in [0.2, 0.25) is 12.2 Å². The van der Waals surface area contributed by atoms with E-state index in [0.717, 1.165) is 82.5 Å². The van der Waals surface area contributed by atoms with Crippen molar-refractivity contribution in [1.29, 1.82) is 0 Å². The average Bonchev–Trinajstić information content (AvgIpc) is 1.41. The molecule has 4 atom stereocenters. The molecule has 10 rings (SSSR count). The second-order valence-corrected chi connectivity index (χ2v) is 32.8. The van der Waals surface area contributed by atoms with E-state index in [2.05, 4.69) is 55.4 Å². The molecule has 2 heterocycles. The topological polar surface area (TPSA) is 225 Å². The maximum atomic E-state index is 12.5. The molecule has 2 N–H and O–H groups in total. The van der Waals surface area contributed by atoms with Crippen LogP contribution in [0.1, 0.15) is 329 Å². The number of carbonyl (C=O) groups excluding carboxylic acids is 7. The number of ether oxygens (including phenoxy) is 7. The molecule has 0 amide bonds. The summed E-state index contributed by atoms with van der Waals surface area (Å²) in [5.74, 6) is 3.44. The smallest absolute Gasteiger partial charge is 0.347 e. The highest BCUT2D eigenvalue weighted by Gasteiger charge is 2.58. The van der Waals surface area contributed by atoms with E-state index in [1.165, 1.54) is 68.9 Å². The SMILES string of the molecule is CCC(C)(C)C(=O)OC1(C)C2CC3CC(C2)CC1C3.CCC(C)(C)C(=O)OC1CCOC1=O.CCC(C)(C)C(=O)OC1CCOC1=O.CCC(C)c1ccc(O)cc1.CCC(C)c1ccc(O)cc1.CCC1(OC(=O)C(C)(C)CC)CCCC1.CCC1(OC(=O)C(C)(C)CC)CCCC1. The number of hydrogen-bond donors (Lipinski definition) is 2. The molecule has 16 nitrogen and oxygen atoms in total. The summed E-state index contributed by atoms with van der Waals surface area (Å²) < 4.78 is 37.2. The fourth-order valence-corrected chi connectivity index (χ4v) is 12.9. The maximum absolute atomic E-state index is 12.5. The molecular weight excluding hydrogens is 1250 g/mol. The number of rotatable bonds is 21. The van der Waals surface area contributed by atoms with Crippen molar-refractivity contribution in [3.05, 3.63) is 59.7 Å². The summed E-state index contributed by atoms with van der Waals surface area (Å²) in [5, 5.41) is 18.0. The summed E-state index contributed by atoms with van der Waals surface area (Å²) in [7, 11) is 0. The first kappa shape index (κ1) is 87.5. The zero-order chi connectivity index (χ0) is 75.0. The fraction of sp³-hybridized carbons (Fsp3) is 0.771. The molecule has 2 saturated heterocycles. The lowest BCUT2D eigenvalue weighted by molar-refractivity contribution is -0.211. The Hall–Kier alpha value is -5.67.